The quantitative estimate of drug-likeness (QED) is 0.355. The van der Waals surface area contributed by atoms with Gasteiger partial charge in [-0.15, -0.1) is 23.1 Å². The number of nitrogens with one attached hydrogen (secondary N) is 1. The van der Waals surface area contributed by atoms with E-state index in [0.29, 0.717) is 17.2 Å². The van der Waals surface area contributed by atoms with E-state index in [2.05, 4.69) is 35.1 Å². The first kappa shape index (κ1) is 22.0. The van der Waals surface area contributed by atoms with E-state index >= 15 is 0 Å². The Hall–Kier alpha value is -2.25. The second kappa shape index (κ2) is 9.49. The van der Waals surface area contributed by atoms with Crippen LogP contribution in [0.5, 0.6) is 0 Å². The predicted octanol–water partition coefficient (Wildman–Crippen LogP) is 5.90. The number of carbonyl (C=O) groups excluding carboxylic acids is 2. The molecule has 3 aromatic rings. The van der Waals surface area contributed by atoms with Gasteiger partial charge < -0.3 is 14.6 Å². The number of thioether (sulfide) groups is 1. The Morgan fingerprint density at radius 2 is 2.00 bits per heavy atom. The third kappa shape index (κ3) is 4.39. The topological polar surface area (TPSA) is 60.3 Å². The molecule has 164 valence electrons. The first-order chi connectivity index (χ1) is 15.0. The number of carbonyl (C=O) groups is 2. The summed E-state index contributed by atoms with van der Waals surface area (Å²) >= 11 is 3.08. The Morgan fingerprint density at radius 3 is 2.77 bits per heavy atom. The second-order valence-electron chi connectivity index (χ2n) is 7.68. The highest BCUT2D eigenvalue weighted by molar-refractivity contribution is 8.00. The molecule has 1 amide bonds. The van der Waals surface area contributed by atoms with E-state index in [-0.39, 0.29) is 17.1 Å². The van der Waals surface area contributed by atoms with Crippen molar-refractivity contribution in [3.8, 4) is 0 Å². The molecule has 1 aliphatic carbocycles. The van der Waals surface area contributed by atoms with Gasteiger partial charge in [0, 0.05) is 33.4 Å². The van der Waals surface area contributed by atoms with Crippen molar-refractivity contribution in [3.05, 3.63) is 46.5 Å². The first-order valence-corrected chi connectivity index (χ1v) is 12.6. The lowest BCUT2D eigenvalue weighted by atomic mass is 9.95. The number of amides is 1. The fourth-order valence-corrected chi connectivity index (χ4v) is 6.41. The minimum Gasteiger partial charge on any atom is -0.462 e. The monoisotopic (exact) mass is 456 g/mol. The Labute approximate surface area is 191 Å². The van der Waals surface area contributed by atoms with Gasteiger partial charge in [-0.3, -0.25) is 4.79 Å². The maximum atomic E-state index is 13.1. The number of rotatable bonds is 7. The van der Waals surface area contributed by atoms with Crippen molar-refractivity contribution in [1.82, 2.24) is 4.57 Å². The van der Waals surface area contributed by atoms with Crippen molar-refractivity contribution < 1.29 is 14.3 Å². The molecule has 1 aliphatic rings. The molecular weight excluding hydrogens is 428 g/mol. The molecule has 31 heavy (non-hydrogen) atoms. The van der Waals surface area contributed by atoms with Crippen molar-refractivity contribution in [2.24, 2.45) is 0 Å². The Morgan fingerprint density at radius 1 is 1.23 bits per heavy atom. The highest BCUT2D eigenvalue weighted by atomic mass is 32.2. The maximum absolute atomic E-state index is 13.1. The summed E-state index contributed by atoms with van der Waals surface area (Å²) in [5.41, 5.74) is 2.81. The summed E-state index contributed by atoms with van der Waals surface area (Å²) in [6.07, 6.45) is 6.14. The second-order valence-corrected chi connectivity index (χ2v) is 10.2. The van der Waals surface area contributed by atoms with Crippen LogP contribution in [0.4, 0.5) is 5.00 Å². The molecule has 0 unspecified atom stereocenters. The molecule has 0 fully saturated rings. The molecule has 0 saturated carbocycles. The number of aryl methyl sites for hydroxylation is 2. The molecule has 5 nitrogen and oxygen atoms in total. The average Bonchev–Trinajstić information content (AvgIpc) is 3.31. The lowest BCUT2D eigenvalue weighted by molar-refractivity contribution is -0.115. The Balaban J connectivity index is 1.56. The number of hydrogen-bond donors (Lipinski definition) is 1. The van der Waals surface area contributed by atoms with Gasteiger partial charge in [-0.1, -0.05) is 18.2 Å². The van der Waals surface area contributed by atoms with Crippen molar-refractivity contribution in [2.75, 3.05) is 11.9 Å². The normalized spacial score (nSPS) is 14.3. The minimum absolute atomic E-state index is 0.0949. The molecule has 2 aromatic heterocycles. The van der Waals surface area contributed by atoms with Crippen LogP contribution in [0.1, 0.15) is 54.4 Å². The molecular formula is C24H28N2O3S2. The van der Waals surface area contributed by atoms with Crippen LogP contribution >= 0.6 is 23.1 Å². The number of thiophene rings is 1. The van der Waals surface area contributed by atoms with Crippen molar-refractivity contribution in [1.29, 1.82) is 0 Å². The van der Waals surface area contributed by atoms with Crippen LogP contribution in [0.3, 0.4) is 0 Å². The molecule has 0 spiro atoms. The van der Waals surface area contributed by atoms with Gasteiger partial charge in [0.2, 0.25) is 5.91 Å². The molecule has 1 N–H and O–H groups in total. The van der Waals surface area contributed by atoms with E-state index in [1.54, 1.807) is 18.7 Å². The van der Waals surface area contributed by atoms with Gasteiger partial charge in [-0.2, -0.15) is 0 Å². The van der Waals surface area contributed by atoms with Crippen LogP contribution in [-0.2, 0) is 28.9 Å². The summed E-state index contributed by atoms with van der Waals surface area (Å²) in [5, 5.41) is 4.54. The number of para-hydroxylation sites is 1. The van der Waals surface area contributed by atoms with Gasteiger partial charge >= 0.3 is 5.97 Å². The van der Waals surface area contributed by atoms with E-state index in [1.807, 2.05) is 19.1 Å². The largest absolute Gasteiger partial charge is 0.462 e. The summed E-state index contributed by atoms with van der Waals surface area (Å²) in [5.74, 6) is -0.425. The Kier molecular flexibility index (Phi) is 6.72. The van der Waals surface area contributed by atoms with Crippen LogP contribution in [0.2, 0.25) is 0 Å². The molecule has 0 aliphatic heterocycles. The number of anilines is 1. The highest BCUT2D eigenvalue weighted by Crippen LogP contribution is 2.39. The smallest absolute Gasteiger partial charge is 0.341 e. The number of aromatic nitrogens is 1. The summed E-state index contributed by atoms with van der Waals surface area (Å²) < 4.78 is 7.51. The summed E-state index contributed by atoms with van der Waals surface area (Å²) in [7, 11) is 0. The van der Waals surface area contributed by atoms with Crippen LogP contribution in [-0.4, -0.2) is 28.3 Å². The summed E-state index contributed by atoms with van der Waals surface area (Å²) in [4.78, 5) is 28.0. The van der Waals surface area contributed by atoms with Crippen LogP contribution < -0.4 is 5.32 Å². The molecule has 0 radical (unpaired) electrons. The molecule has 2 heterocycles. The summed E-state index contributed by atoms with van der Waals surface area (Å²) in [6.45, 7) is 7.04. The molecule has 4 rings (SSSR count). The van der Waals surface area contributed by atoms with E-state index in [9.17, 15) is 9.59 Å². The summed E-state index contributed by atoms with van der Waals surface area (Å²) in [6, 6.07) is 8.27. The Bertz CT molecular complexity index is 1120. The van der Waals surface area contributed by atoms with E-state index < -0.39 is 0 Å². The predicted molar refractivity (Wildman–Crippen MR) is 128 cm³/mol. The fraction of sp³-hybridized carbons (Fsp3) is 0.417. The standard InChI is InChI=1S/C24H28N2O3S2/c1-4-26-14-20(16-10-6-8-12-18(16)26)30-15(3)22(27)25-23-21(24(28)29-5-2)17-11-7-9-13-19(17)31-23/h6,8,10,12,14-15H,4-5,7,9,11,13H2,1-3H3,(H,25,27)/t15-/m1/s1. The maximum Gasteiger partial charge on any atom is 0.341 e. The van der Waals surface area contributed by atoms with Crippen molar-refractivity contribution in [3.63, 3.8) is 0 Å². The van der Waals surface area contributed by atoms with Gasteiger partial charge in [-0.25, -0.2) is 4.79 Å². The van der Waals surface area contributed by atoms with Gasteiger partial charge in [0.1, 0.15) is 5.00 Å². The lowest BCUT2D eigenvalue weighted by Crippen LogP contribution is -2.23. The highest BCUT2D eigenvalue weighted by Gasteiger charge is 2.28. The molecule has 1 aromatic carbocycles. The number of esters is 1. The van der Waals surface area contributed by atoms with Crippen LogP contribution in [0, 0.1) is 0 Å². The number of ether oxygens (including phenoxy) is 1. The SMILES string of the molecule is CCOC(=O)c1c(NC(=O)[C@@H](C)Sc2cn(CC)c3ccccc23)sc2c1CCCC2. The first-order valence-electron chi connectivity index (χ1n) is 10.9. The number of hydrogen-bond acceptors (Lipinski definition) is 5. The van der Waals surface area contributed by atoms with Crippen molar-refractivity contribution in [2.45, 2.75) is 63.1 Å². The van der Waals surface area contributed by atoms with Gasteiger partial charge in [0.05, 0.1) is 17.4 Å². The zero-order chi connectivity index (χ0) is 22.0. The zero-order valence-corrected chi connectivity index (χ0v) is 19.8. The fourth-order valence-electron chi connectivity index (χ4n) is 4.10. The average molecular weight is 457 g/mol. The van der Waals surface area contributed by atoms with E-state index in [1.165, 1.54) is 21.7 Å². The number of nitrogens with zero attached hydrogens (tertiary/aromatic N) is 1. The van der Waals surface area contributed by atoms with E-state index in [4.69, 9.17) is 4.74 Å². The lowest BCUT2D eigenvalue weighted by Gasteiger charge is -2.13. The molecule has 0 saturated heterocycles. The molecule has 7 heteroatoms. The minimum atomic E-state index is -0.330. The zero-order valence-electron chi connectivity index (χ0n) is 18.2. The third-order valence-corrected chi connectivity index (χ3v) is 8.01. The van der Waals surface area contributed by atoms with Crippen LogP contribution in [0.15, 0.2) is 35.4 Å². The van der Waals surface area contributed by atoms with Gasteiger partial charge in [-0.05, 0) is 58.1 Å². The van der Waals surface area contributed by atoms with Gasteiger partial charge in [0.15, 0.2) is 0 Å². The molecule has 0 bridgehead atoms. The van der Waals surface area contributed by atoms with Crippen molar-refractivity contribution >= 4 is 50.9 Å². The third-order valence-electron chi connectivity index (χ3n) is 5.65. The van der Waals surface area contributed by atoms with Crippen LogP contribution in [0.25, 0.3) is 10.9 Å². The number of fused-ring (bicyclic) bond motifs is 2. The number of benzene rings is 1. The molecule has 1 atom stereocenters. The van der Waals surface area contributed by atoms with E-state index in [0.717, 1.165) is 48.1 Å². The van der Waals surface area contributed by atoms with Gasteiger partial charge in [0.25, 0.3) is 0 Å².